The number of amides is 1. The summed E-state index contributed by atoms with van der Waals surface area (Å²) in [7, 11) is 0. The summed E-state index contributed by atoms with van der Waals surface area (Å²) in [5.41, 5.74) is 2.26. The number of benzene rings is 1. The van der Waals surface area contributed by atoms with Gasteiger partial charge in [0.25, 0.3) is 5.91 Å². The summed E-state index contributed by atoms with van der Waals surface area (Å²) >= 11 is 1.62. The molecule has 1 aliphatic heterocycles. The number of carbonyl (C=O) groups excluding carboxylic acids is 2. The summed E-state index contributed by atoms with van der Waals surface area (Å²) in [6.07, 6.45) is 1.28. The third-order valence-corrected chi connectivity index (χ3v) is 5.74. The second-order valence-electron chi connectivity index (χ2n) is 7.27. The second kappa shape index (κ2) is 11.9. The fourth-order valence-corrected chi connectivity index (χ4v) is 4.16. The quantitative estimate of drug-likeness (QED) is 0.353. The van der Waals surface area contributed by atoms with Gasteiger partial charge in [0, 0.05) is 17.6 Å². The van der Waals surface area contributed by atoms with E-state index < -0.39 is 12.1 Å². The average molecular weight is 463 g/mol. The van der Waals surface area contributed by atoms with E-state index in [0.717, 1.165) is 29.1 Å². The molecule has 0 radical (unpaired) electrons. The fourth-order valence-electron chi connectivity index (χ4n) is 3.26. The number of thiazole rings is 1. The van der Waals surface area contributed by atoms with Gasteiger partial charge in [0.2, 0.25) is 0 Å². The summed E-state index contributed by atoms with van der Waals surface area (Å²) in [4.78, 5) is 31.3. The van der Waals surface area contributed by atoms with Gasteiger partial charge in [-0.3, -0.25) is 14.5 Å². The monoisotopic (exact) mass is 462 g/mol. The zero-order valence-corrected chi connectivity index (χ0v) is 19.6. The van der Waals surface area contributed by atoms with Crippen molar-refractivity contribution >= 4 is 28.9 Å². The van der Waals surface area contributed by atoms with Gasteiger partial charge in [-0.05, 0) is 44.9 Å². The molecule has 1 aromatic heterocycles. The van der Waals surface area contributed by atoms with E-state index in [2.05, 4.69) is 11.9 Å². The van der Waals surface area contributed by atoms with Gasteiger partial charge < -0.3 is 18.9 Å². The van der Waals surface area contributed by atoms with Crippen LogP contribution in [0.15, 0.2) is 23.6 Å². The van der Waals surface area contributed by atoms with Crippen LogP contribution in [0.1, 0.15) is 32.2 Å². The van der Waals surface area contributed by atoms with E-state index in [1.807, 2.05) is 30.5 Å². The van der Waals surface area contributed by atoms with E-state index in [9.17, 15) is 9.59 Å². The van der Waals surface area contributed by atoms with E-state index >= 15 is 0 Å². The minimum Gasteiger partial charge on any atom is -0.479 e. The van der Waals surface area contributed by atoms with Crippen LogP contribution < -0.4 is 9.64 Å². The number of aryl methyl sites for hydroxylation is 1. The Morgan fingerprint density at radius 2 is 1.97 bits per heavy atom. The van der Waals surface area contributed by atoms with Crippen molar-refractivity contribution in [1.82, 2.24) is 4.98 Å². The normalized spacial score (nSPS) is 15.4. The van der Waals surface area contributed by atoms with Crippen LogP contribution in [0.3, 0.4) is 0 Å². The van der Waals surface area contributed by atoms with Gasteiger partial charge in [0.1, 0.15) is 18.9 Å². The number of rotatable bonds is 12. The lowest BCUT2D eigenvalue weighted by Crippen LogP contribution is -2.47. The summed E-state index contributed by atoms with van der Waals surface area (Å²) in [6, 6.07) is 5.58. The number of esters is 1. The lowest BCUT2D eigenvalue weighted by molar-refractivity contribution is -0.145. The minimum absolute atomic E-state index is 0.116. The number of carbonyl (C=O) groups is 2. The second-order valence-corrected chi connectivity index (χ2v) is 8.22. The lowest BCUT2D eigenvalue weighted by atomic mass is 10.1. The first kappa shape index (κ1) is 24.2. The molecule has 0 bridgehead atoms. The number of anilines is 1. The molecule has 1 aliphatic rings. The van der Waals surface area contributed by atoms with E-state index in [0.29, 0.717) is 31.3 Å². The molecule has 174 valence electrons. The first-order valence-electron chi connectivity index (χ1n) is 10.9. The average Bonchev–Trinajstić information content (AvgIpc) is 3.25. The van der Waals surface area contributed by atoms with Crippen molar-refractivity contribution in [2.24, 2.45) is 0 Å². The van der Waals surface area contributed by atoms with Gasteiger partial charge in [-0.25, -0.2) is 4.98 Å². The Morgan fingerprint density at radius 1 is 1.19 bits per heavy atom. The number of ether oxygens (including phenoxy) is 4. The Hall–Kier alpha value is -2.49. The van der Waals surface area contributed by atoms with Gasteiger partial charge in [0.05, 0.1) is 36.2 Å². The van der Waals surface area contributed by atoms with E-state index in [1.54, 1.807) is 18.3 Å². The predicted octanol–water partition coefficient (Wildman–Crippen LogP) is 3.47. The Kier molecular flexibility index (Phi) is 9.01. The van der Waals surface area contributed by atoms with Crippen LogP contribution in [0.2, 0.25) is 0 Å². The zero-order valence-electron chi connectivity index (χ0n) is 18.8. The van der Waals surface area contributed by atoms with E-state index in [-0.39, 0.29) is 25.7 Å². The van der Waals surface area contributed by atoms with Crippen molar-refractivity contribution < 1.29 is 28.5 Å². The molecule has 0 saturated carbocycles. The van der Waals surface area contributed by atoms with Crippen LogP contribution >= 0.6 is 11.3 Å². The highest BCUT2D eigenvalue weighted by Gasteiger charge is 2.33. The first-order chi connectivity index (χ1) is 15.5. The highest BCUT2D eigenvalue weighted by molar-refractivity contribution is 7.09. The molecule has 0 spiro atoms. The molecule has 0 N–H and O–H groups in total. The van der Waals surface area contributed by atoms with Crippen molar-refractivity contribution in [2.45, 2.75) is 39.7 Å². The Morgan fingerprint density at radius 3 is 2.75 bits per heavy atom. The number of hydrogen-bond acceptors (Lipinski definition) is 8. The molecule has 0 fully saturated rings. The maximum Gasteiger partial charge on any atom is 0.326 e. The SMILES string of the molecule is CCCc1nc(-c2ccc3c(c2)N(CC(=O)OCCOCCOCC)C(=O)C(C)O3)cs1. The Bertz CT molecular complexity index is 916. The fraction of sp³-hybridized carbons (Fsp3) is 0.522. The van der Waals surface area contributed by atoms with Crippen molar-refractivity contribution in [3.8, 4) is 17.0 Å². The molecular weight excluding hydrogens is 432 g/mol. The van der Waals surface area contributed by atoms with Crippen molar-refractivity contribution in [1.29, 1.82) is 0 Å². The number of nitrogens with zero attached hydrogens (tertiary/aromatic N) is 2. The van der Waals surface area contributed by atoms with Crippen LogP contribution in [0.25, 0.3) is 11.3 Å². The number of fused-ring (bicyclic) bond motifs is 1. The van der Waals surface area contributed by atoms with Crippen LogP contribution in [-0.2, 0) is 30.2 Å². The lowest BCUT2D eigenvalue weighted by Gasteiger charge is -2.32. The number of aromatic nitrogens is 1. The van der Waals surface area contributed by atoms with Gasteiger partial charge in [0.15, 0.2) is 6.10 Å². The van der Waals surface area contributed by atoms with Crippen molar-refractivity contribution in [2.75, 3.05) is 44.5 Å². The maximum absolute atomic E-state index is 12.8. The maximum atomic E-state index is 12.8. The topological polar surface area (TPSA) is 87.2 Å². The van der Waals surface area contributed by atoms with E-state index in [4.69, 9.17) is 18.9 Å². The molecule has 2 aromatic rings. The van der Waals surface area contributed by atoms with Crippen molar-refractivity contribution in [3.05, 3.63) is 28.6 Å². The highest BCUT2D eigenvalue weighted by atomic mass is 32.1. The molecule has 8 nitrogen and oxygen atoms in total. The molecule has 1 aromatic carbocycles. The molecule has 1 amide bonds. The molecule has 32 heavy (non-hydrogen) atoms. The summed E-state index contributed by atoms with van der Waals surface area (Å²) in [5.74, 6) is -0.238. The summed E-state index contributed by atoms with van der Waals surface area (Å²) in [5, 5.41) is 3.08. The van der Waals surface area contributed by atoms with Gasteiger partial charge in [-0.1, -0.05) is 6.92 Å². The molecule has 0 aliphatic carbocycles. The molecule has 2 heterocycles. The molecule has 1 atom stereocenters. The Balaban J connectivity index is 1.66. The number of hydrogen-bond donors (Lipinski definition) is 0. The smallest absolute Gasteiger partial charge is 0.326 e. The minimum atomic E-state index is -0.682. The van der Waals surface area contributed by atoms with E-state index in [1.165, 1.54) is 4.90 Å². The predicted molar refractivity (Wildman–Crippen MR) is 122 cm³/mol. The summed E-state index contributed by atoms with van der Waals surface area (Å²) in [6.45, 7) is 7.48. The molecular formula is C23H30N2O6S. The Labute approximate surface area is 192 Å². The standard InChI is InChI=1S/C23H30N2O6S/c1-4-6-21-24-18(15-32-21)17-7-8-20-19(13-17)25(23(27)16(3)31-20)14-22(26)30-12-11-29-10-9-28-5-2/h7-8,13,15-16H,4-6,9-12,14H2,1-3H3. The molecule has 3 rings (SSSR count). The largest absolute Gasteiger partial charge is 0.479 e. The molecule has 9 heteroatoms. The molecule has 0 saturated heterocycles. The van der Waals surface area contributed by atoms with Crippen LogP contribution in [0.4, 0.5) is 5.69 Å². The van der Waals surface area contributed by atoms with Crippen molar-refractivity contribution in [3.63, 3.8) is 0 Å². The summed E-state index contributed by atoms with van der Waals surface area (Å²) < 4.78 is 21.5. The first-order valence-corrected chi connectivity index (χ1v) is 11.8. The van der Waals surface area contributed by atoms with Gasteiger partial charge in [-0.15, -0.1) is 11.3 Å². The van der Waals surface area contributed by atoms with Gasteiger partial charge >= 0.3 is 5.97 Å². The van der Waals surface area contributed by atoms with Crippen LogP contribution in [0.5, 0.6) is 5.75 Å². The highest BCUT2D eigenvalue weighted by Crippen LogP contribution is 2.37. The van der Waals surface area contributed by atoms with Gasteiger partial charge in [-0.2, -0.15) is 0 Å². The molecule has 1 unspecified atom stereocenters. The third-order valence-electron chi connectivity index (χ3n) is 4.83. The third kappa shape index (κ3) is 6.27. The van der Waals surface area contributed by atoms with Crippen LogP contribution in [0, 0.1) is 0 Å². The van der Waals surface area contributed by atoms with Crippen LogP contribution in [-0.4, -0.2) is 62.5 Å². The zero-order chi connectivity index (χ0) is 22.9.